The van der Waals surface area contributed by atoms with E-state index < -0.39 is 16.5 Å². The van der Waals surface area contributed by atoms with Gasteiger partial charge in [-0.1, -0.05) is 31.4 Å². The summed E-state index contributed by atoms with van der Waals surface area (Å²) in [6.07, 6.45) is 4.12. The van der Waals surface area contributed by atoms with E-state index in [4.69, 9.17) is 11.6 Å². The van der Waals surface area contributed by atoms with Gasteiger partial charge < -0.3 is 5.32 Å². The van der Waals surface area contributed by atoms with Gasteiger partial charge in [-0.3, -0.25) is 14.9 Å². The molecule has 104 valence electrons. The molecular weight excluding hydrogens is 270 g/mol. The van der Waals surface area contributed by atoms with Crippen molar-refractivity contribution in [2.75, 3.05) is 0 Å². The second-order valence-electron chi connectivity index (χ2n) is 4.27. The van der Waals surface area contributed by atoms with Crippen molar-refractivity contribution in [1.29, 1.82) is 0 Å². The van der Waals surface area contributed by atoms with Gasteiger partial charge in [-0.25, -0.2) is 4.98 Å². The predicted molar refractivity (Wildman–Crippen MR) is 72.4 cm³/mol. The van der Waals surface area contributed by atoms with Crippen molar-refractivity contribution in [2.24, 2.45) is 0 Å². The first-order chi connectivity index (χ1) is 8.97. The van der Waals surface area contributed by atoms with E-state index in [1.54, 1.807) is 0 Å². The van der Waals surface area contributed by atoms with Crippen LogP contribution in [0.1, 0.15) is 43.5 Å². The Morgan fingerprint density at radius 1 is 1.63 bits per heavy atom. The van der Waals surface area contributed by atoms with Gasteiger partial charge in [0.25, 0.3) is 5.91 Å². The van der Waals surface area contributed by atoms with Crippen LogP contribution in [0.25, 0.3) is 0 Å². The molecule has 1 N–H and O–H groups in total. The zero-order valence-electron chi connectivity index (χ0n) is 10.9. The summed E-state index contributed by atoms with van der Waals surface area (Å²) in [7, 11) is 0. The molecule has 1 unspecified atom stereocenters. The van der Waals surface area contributed by atoms with E-state index in [9.17, 15) is 14.9 Å². The smallest absolute Gasteiger partial charge is 0.319 e. The zero-order valence-corrected chi connectivity index (χ0v) is 11.6. The van der Waals surface area contributed by atoms with Crippen LogP contribution >= 0.6 is 11.6 Å². The highest BCUT2D eigenvalue weighted by Crippen LogP contribution is 2.25. The van der Waals surface area contributed by atoms with E-state index in [1.165, 1.54) is 12.3 Å². The molecule has 0 aliphatic rings. The lowest BCUT2D eigenvalue weighted by atomic mass is 10.1. The zero-order chi connectivity index (χ0) is 14.4. The van der Waals surface area contributed by atoms with Crippen molar-refractivity contribution in [3.63, 3.8) is 0 Å². The molecule has 7 heteroatoms. The van der Waals surface area contributed by atoms with Crippen LogP contribution < -0.4 is 5.32 Å². The van der Waals surface area contributed by atoms with Crippen molar-refractivity contribution in [3.05, 3.63) is 33.1 Å². The molecule has 1 heterocycles. The summed E-state index contributed by atoms with van der Waals surface area (Å²) < 4.78 is 0. The van der Waals surface area contributed by atoms with Crippen LogP contribution in [0, 0.1) is 10.1 Å². The van der Waals surface area contributed by atoms with Gasteiger partial charge in [0.1, 0.15) is 5.56 Å². The lowest BCUT2D eigenvalue weighted by Gasteiger charge is -2.13. The standard InChI is InChI=1S/C12H16ClN3O3/c1-3-4-5-8(2)15-12(17)9-6-7-14-11(13)10(9)16(18)19/h6-8H,3-5H2,1-2H3,(H,15,17). The van der Waals surface area contributed by atoms with Crippen molar-refractivity contribution in [3.8, 4) is 0 Å². The fourth-order valence-electron chi connectivity index (χ4n) is 1.67. The molecule has 0 fully saturated rings. The highest BCUT2D eigenvalue weighted by atomic mass is 35.5. The maximum atomic E-state index is 12.0. The largest absolute Gasteiger partial charge is 0.349 e. The van der Waals surface area contributed by atoms with Crippen molar-refractivity contribution >= 4 is 23.2 Å². The summed E-state index contributed by atoms with van der Waals surface area (Å²) in [5, 5.41) is 13.4. The number of aromatic nitrogens is 1. The van der Waals surface area contributed by atoms with Crippen molar-refractivity contribution < 1.29 is 9.72 Å². The number of nitro groups is 1. The van der Waals surface area contributed by atoms with Gasteiger partial charge in [0.2, 0.25) is 5.15 Å². The lowest BCUT2D eigenvalue weighted by molar-refractivity contribution is -0.385. The first-order valence-electron chi connectivity index (χ1n) is 6.07. The molecule has 19 heavy (non-hydrogen) atoms. The van der Waals surface area contributed by atoms with E-state index in [0.717, 1.165) is 19.3 Å². The average Bonchev–Trinajstić information content (AvgIpc) is 2.35. The van der Waals surface area contributed by atoms with Crippen LogP contribution in [0.2, 0.25) is 5.15 Å². The highest BCUT2D eigenvalue weighted by molar-refractivity contribution is 6.32. The molecule has 1 aromatic rings. The third-order valence-electron chi connectivity index (χ3n) is 2.67. The first kappa shape index (κ1) is 15.4. The number of hydrogen-bond donors (Lipinski definition) is 1. The Hall–Kier alpha value is -1.69. The molecule has 0 spiro atoms. The second-order valence-corrected chi connectivity index (χ2v) is 4.63. The Labute approximate surface area is 116 Å². The minimum absolute atomic E-state index is 0.0426. The highest BCUT2D eigenvalue weighted by Gasteiger charge is 2.25. The number of pyridine rings is 1. The lowest BCUT2D eigenvalue weighted by Crippen LogP contribution is -2.33. The normalized spacial score (nSPS) is 11.9. The van der Waals surface area contributed by atoms with Crippen LogP contribution in [0.5, 0.6) is 0 Å². The number of rotatable bonds is 6. The van der Waals surface area contributed by atoms with Gasteiger partial charge in [0.15, 0.2) is 0 Å². The van der Waals surface area contributed by atoms with Gasteiger partial charge in [0, 0.05) is 12.2 Å². The van der Waals surface area contributed by atoms with Gasteiger partial charge >= 0.3 is 5.69 Å². The molecule has 1 atom stereocenters. The number of unbranched alkanes of at least 4 members (excludes halogenated alkanes) is 1. The van der Waals surface area contributed by atoms with Gasteiger partial charge in [-0.05, 0) is 19.4 Å². The fourth-order valence-corrected chi connectivity index (χ4v) is 1.90. The quantitative estimate of drug-likeness (QED) is 0.495. The maximum Gasteiger partial charge on any atom is 0.319 e. The second kappa shape index (κ2) is 7.04. The average molecular weight is 286 g/mol. The van der Waals surface area contributed by atoms with Gasteiger partial charge in [0.05, 0.1) is 4.92 Å². The summed E-state index contributed by atoms with van der Waals surface area (Å²) in [5.74, 6) is -0.500. The van der Waals surface area contributed by atoms with E-state index in [1.807, 2.05) is 6.92 Å². The predicted octanol–water partition coefficient (Wildman–Crippen LogP) is 2.95. The van der Waals surface area contributed by atoms with Crippen molar-refractivity contribution in [1.82, 2.24) is 10.3 Å². The molecule has 0 saturated carbocycles. The number of amides is 1. The van der Waals surface area contributed by atoms with E-state index >= 15 is 0 Å². The van der Waals surface area contributed by atoms with Gasteiger partial charge in [-0.2, -0.15) is 0 Å². The summed E-state index contributed by atoms with van der Waals surface area (Å²) in [4.78, 5) is 25.8. The molecule has 0 aliphatic heterocycles. The van der Waals surface area contributed by atoms with Crippen molar-refractivity contribution in [2.45, 2.75) is 39.2 Å². The van der Waals surface area contributed by atoms with Crippen LogP contribution in [-0.2, 0) is 0 Å². The SMILES string of the molecule is CCCCC(C)NC(=O)c1ccnc(Cl)c1[N+](=O)[O-]. The van der Waals surface area contributed by atoms with Gasteiger partial charge in [-0.15, -0.1) is 0 Å². The number of carbonyl (C=O) groups is 1. The molecule has 0 radical (unpaired) electrons. The minimum atomic E-state index is -0.693. The third-order valence-corrected chi connectivity index (χ3v) is 2.95. The Balaban J connectivity index is 2.88. The summed E-state index contributed by atoms with van der Waals surface area (Å²) in [5.41, 5.74) is -0.516. The van der Waals surface area contributed by atoms with Crippen LogP contribution in [-0.4, -0.2) is 21.9 Å². The molecule has 0 bridgehead atoms. The Morgan fingerprint density at radius 2 is 2.32 bits per heavy atom. The first-order valence-corrected chi connectivity index (χ1v) is 6.45. The molecule has 0 aliphatic carbocycles. The molecular formula is C12H16ClN3O3. The van der Waals surface area contributed by atoms with E-state index in [2.05, 4.69) is 17.2 Å². The summed E-state index contributed by atoms with van der Waals surface area (Å²) in [6, 6.07) is 1.25. The Morgan fingerprint density at radius 3 is 2.89 bits per heavy atom. The molecule has 1 rings (SSSR count). The Kier molecular flexibility index (Phi) is 5.69. The number of halogens is 1. The fraction of sp³-hybridized carbons (Fsp3) is 0.500. The summed E-state index contributed by atoms with van der Waals surface area (Å²) >= 11 is 5.66. The van der Waals surface area contributed by atoms with E-state index in [0.29, 0.717) is 0 Å². The van der Waals surface area contributed by atoms with Crippen LogP contribution in [0.4, 0.5) is 5.69 Å². The molecule has 1 amide bonds. The number of nitrogens with zero attached hydrogens (tertiary/aromatic N) is 2. The molecule has 6 nitrogen and oxygen atoms in total. The number of carbonyl (C=O) groups excluding carboxylic acids is 1. The monoisotopic (exact) mass is 285 g/mol. The maximum absolute atomic E-state index is 12.0. The number of nitrogens with one attached hydrogen (secondary N) is 1. The van der Waals surface area contributed by atoms with E-state index in [-0.39, 0.29) is 16.8 Å². The van der Waals surface area contributed by atoms with Crippen LogP contribution in [0.3, 0.4) is 0 Å². The Bertz CT molecular complexity index is 479. The molecule has 0 aromatic carbocycles. The molecule has 1 aromatic heterocycles. The number of hydrogen-bond acceptors (Lipinski definition) is 4. The topological polar surface area (TPSA) is 85.1 Å². The summed E-state index contributed by atoms with van der Waals surface area (Å²) in [6.45, 7) is 3.92. The minimum Gasteiger partial charge on any atom is -0.349 e. The molecule has 0 saturated heterocycles. The third kappa shape index (κ3) is 4.17. The van der Waals surface area contributed by atoms with Crippen LogP contribution in [0.15, 0.2) is 12.3 Å².